The molecule has 0 aliphatic heterocycles. The predicted octanol–water partition coefficient (Wildman–Crippen LogP) is 6.16. The van der Waals surface area contributed by atoms with Crippen LogP contribution in [0.4, 0.5) is 5.69 Å². The third kappa shape index (κ3) is 7.94. The van der Waals surface area contributed by atoms with Crippen molar-refractivity contribution in [2.24, 2.45) is 0 Å². The number of carbonyl (C=O) groups excluding carboxylic acids is 2. The minimum atomic E-state index is -4.14. The van der Waals surface area contributed by atoms with Crippen molar-refractivity contribution in [3.8, 4) is 0 Å². The minimum absolute atomic E-state index is 0.0221. The number of halogens is 2. The Kier molecular flexibility index (Phi) is 10.9. The minimum Gasteiger partial charge on any atom is -0.352 e. The lowest BCUT2D eigenvalue weighted by Crippen LogP contribution is -2.52. The van der Waals surface area contributed by atoms with E-state index in [1.165, 1.54) is 28.8 Å². The molecule has 3 rings (SSSR count). The highest BCUT2D eigenvalue weighted by molar-refractivity contribution is 7.98. The highest BCUT2D eigenvalue weighted by atomic mass is 35.5. The van der Waals surface area contributed by atoms with Crippen molar-refractivity contribution in [1.82, 2.24) is 10.2 Å². The monoisotopic (exact) mass is 621 g/mol. The Labute approximate surface area is 250 Å². The van der Waals surface area contributed by atoms with Crippen molar-refractivity contribution in [2.45, 2.75) is 56.1 Å². The number of hydrogen-bond donors (Lipinski definition) is 1. The number of carbonyl (C=O) groups is 2. The maximum Gasteiger partial charge on any atom is 0.264 e. The molecule has 214 valence electrons. The van der Waals surface area contributed by atoms with Gasteiger partial charge in [-0.15, -0.1) is 11.8 Å². The van der Waals surface area contributed by atoms with Crippen LogP contribution < -0.4 is 9.62 Å². The van der Waals surface area contributed by atoms with E-state index in [9.17, 15) is 18.0 Å². The fourth-order valence-corrected chi connectivity index (χ4v) is 6.23. The van der Waals surface area contributed by atoms with Crippen LogP contribution in [0.3, 0.4) is 0 Å². The molecule has 11 heteroatoms. The number of rotatable bonds is 11. The van der Waals surface area contributed by atoms with Crippen molar-refractivity contribution < 1.29 is 18.0 Å². The highest BCUT2D eigenvalue weighted by Gasteiger charge is 2.33. The molecule has 7 nitrogen and oxygen atoms in total. The van der Waals surface area contributed by atoms with Crippen molar-refractivity contribution in [1.29, 1.82) is 0 Å². The van der Waals surface area contributed by atoms with Gasteiger partial charge in [0.15, 0.2) is 0 Å². The number of hydrogen-bond acceptors (Lipinski definition) is 5. The molecule has 0 aromatic heterocycles. The van der Waals surface area contributed by atoms with E-state index in [1.54, 1.807) is 61.5 Å². The third-order valence-electron chi connectivity index (χ3n) is 6.20. The van der Waals surface area contributed by atoms with Gasteiger partial charge in [-0.1, -0.05) is 47.0 Å². The standard InChI is InChI=1S/C29H33Cl2N3O4S2/c1-19(2)32-29(36)21(4)33(17-22-8-9-23(30)16-27(22)31)28(35)18-34(24-10-6-20(3)7-11-24)40(37,38)26-14-12-25(39-5)13-15-26/h6-16,19,21H,17-18H2,1-5H3,(H,32,36). The molecule has 3 aromatic rings. The first-order chi connectivity index (χ1) is 18.8. The van der Waals surface area contributed by atoms with Gasteiger partial charge in [-0.25, -0.2) is 8.42 Å². The summed E-state index contributed by atoms with van der Waals surface area (Å²) in [5.74, 6) is -0.937. The van der Waals surface area contributed by atoms with Crippen LogP contribution in [0.5, 0.6) is 0 Å². The molecule has 0 aliphatic carbocycles. The van der Waals surface area contributed by atoms with Crippen LogP contribution in [0, 0.1) is 6.92 Å². The third-order valence-corrected chi connectivity index (χ3v) is 9.32. The van der Waals surface area contributed by atoms with Crippen LogP contribution in [-0.4, -0.2) is 50.0 Å². The van der Waals surface area contributed by atoms with Crippen molar-refractivity contribution in [2.75, 3.05) is 17.1 Å². The molecule has 0 bridgehead atoms. The van der Waals surface area contributed by atoms with Crippen LogP contribution >= 0.6 is 35.0 Å². The quantitative estimate of drug-likeness (QED) is 0.259. The van der Waals surface area contributed by atoms with E-state index in [2.05, 4.69) is 5.32 Å². The molecule has 0 heterocycles. The summed E-state index contributed by atoms with van der Waals surface area (Å²) in [5, 5.41) is 3.59. The SMILES string of the molecule is CSc1ccc(S(=O)(=O)N(CC(=O)N(Cc2ccc(Cl)cc2Cl)C(C)C(=O)NC(C)C)c2ccc(C)cc2)cc1. The van der Waals surface area contributed by atoms with Crippen LogP contribution in [0.25, 0.3) is 0 Å². The number of sulfonamides is 1. The first-order valence-electron chi connectivity index (χ1n) is 12.6. The van der Waals surface area contributed by atoms with Crippen molar-refractivity contribution in [3.63, 3.8) is 0 Å². The number of benzene rings is 3. The summed E-state index contributed by atoms with van der Waals surface area (Å²) in [5.41, 5.74) is 1.84. The van der Waals surface area contributed by atoms with Crippen LogP contribution in [0.2, 0.25) is 10.0 Å². The lowest BCUT2D eigenvalue weighted by Gasteiger charge is -2.32. The summed E-state index contributed by atoms with van der Waals surface area (Å²) >= 11 is 14.0. The molecule has 0 spiro atoms. The van der Waals surface area contributed by atoms with Gasteiger partial charge >= 0.3 is 0 Å². The lowest BCUT2D eigenvalue weighted by atomic mass is 10.1. The summed E-state index contributed by atoms with van der Waals surface area (Å²) in [6, 6.07) is 17.2. The Morgan fingerprint density at radius 3 is 2.12 bits per heavy atom. The maximum absolute atomic E-state index is 14.0. The molecule has 0 saturated heterocycles. The molecule has 2 amide bonds. The first kappa shape index (κ1) is 31.8. The Morgan fingerprint density at radius 1 is 0.950 bits per heavy atom. The fraction of sp³-hybridized carbons (Fsp3) is 0.310. The average Bonchev–Trinajstić information content (AvgIpc) is 2.91. The molecular formula is C29H33Cl2N3O4S2. The highest BCUT2D eigenvalue weighted by Crippen LogP contribution is 2.27. The second-order valence-corrected chi connectivity index (χ2v) is 13.2. The molecule has 40 heavy (non-hydrogen) atoms. The first-order valence-corrected chi connectivity index (χ1v) is 16.0. The zero-order chi connectivity index (χ0) is 29.6. The van der Waals surface area contributed by atoms with E-state index in [0.29, 0.717) is 21.3 Å². The van der Waals surface area contributed by atoms with Gasteiger partial charge in [0.2, 0.25) is 11.8 Å². The second-order valence-electron chi connectivity index (χ2n) is 9.62. The van der Waals surface area contributed by atoms with E-state index < -0.39 is 28.5 Å². The van der Waals surface area contributed by atoms with E-state index >= 15 is 0 Å². The van der Waals surface area contributed by atoms with Crippen molar-refractivity contribution >= 4 is 62.5 Å². The Hall–Kier alpha value is -2.72. The predicted molar refractivity (Wildman–Crippen MR) is 164 cm³/mol. The van der Waals surface area contributed by atoms with Gasteiger partial charge in [-0.3, -0.25) is 13.9 Å². The molecular weight excluding hydrogens is 589 g/mol. The van der Waals surface area contributed by atoms with Crippen LogP contribution in [0.15, 0.2) is 76.5 Å². The van der Waals surface area contributed by atoms with E-state index in [4.69, 9.17) is 23.2 Å². The summed E-state index contributed by atoms with van der Waals surface area (Å²) in [6.45, 7) is 6.58. The van der Waals surface area contributed by atoms with Crippen molar-refractivity contribution in [3.05, 3.63) is 87.9 Å². The molecule has 0 aliphatic rings. The number of amides is 2. The Balaban J connectivity index is 2.05. The van der Waals surface area contributed by atoms with Gasteiger partial charge in [-0.2, -0.15) is 0 Å². The zero-order valence-electron chi connectivity index (χ0n) is 23.0. The number of aryl methyl sites for hydroxylation is 1. The fourth-order valence-electron chi connectivity index (χ4n) is 3.94. The van der Waals surface area contributed by atoms with Gasteiger partial charge in [0, 0.05) is 27.5 Å². The smallest absolute Gasteiger partial charge is 0.264 e. The van der Waals surface area contributed by atoms with Crippen LogP contribution in [-0.2, 0) is 26.2 Å². The Bertz CT molecular complexity index is 1450. The van der Waals surface area contributed by atoms with Gasteiger partial charge in [0.25, 0.3) is 10.0 Å². The van der Waals surface area contributed by atoms with E-state index in [0.717, 1.165) is 14.8 Å². The van der Waals surface area contributed by atoms with Gasteiger partial charge in [0.1, 0.15) is 12.6 Å². The van der Waals surface area contributed by atoms with Gasteiger partial charge < -0.3 is 10.2 Å². The average molecular weight is 623 g/mol. The zero-order valence-corrected chi connectivity index (χ0v) is 26.2. The number of nitrogens with zero attached hydrogens (tertiary/aromatic N) is 2. The molecule has 1 N–H and O–H groups in total. The summed E-state index contributed by atoms with van der Waals surface area (Å²) < 4.78 is 28.9. The van der Waals surface area contributed by atoms with E-state index in [1.807, 2.05) is 27.0 Å². The van der Waals surface area contributed by atoms with Gasteiger partial charge in [0.05, 0.1) is 10.6 Å². The largest absolute Gasteiger partial charge is 0.352 e. The van der Waals surface area contributed by atoms with E-state index in [-0.39, 0.29) is 23.4 Å². The van der Waals surface area contributed by atoms with Gasteiger partial charge in [-0.05, 0) is 88.0 Å². The normalized spacial score (nSPS) is 12.2. The molecule has 0 radical (unpaired) electrons. The summed E-state index contributed by atoms with van der Waals surface area (Å²) in [7, 11) is -4.14. The maximum atomic E-state index is 14.0. The second kappa shape index (κ2) is 13.8. The molecule has 0 fully saturated rings. The molecule has 0 saturated carbocycles. The molecule has 3 aromatic carbocycles. The Morgan fingerprint density at radius 2 is 1.57 bits per heavy atom. The number of thioether (sulfide) groups is 1. The number of anilines is 1. The summed E-state index contributed by atoms with van der Waals surface area (Å²) in [6.07, 6.45) is 1.90. The lowest BCUT2D eigenvalue weighted by molar-refractivity contribution is -0.139. The molecule has 1 unspecified atom stereocenters. The summed E-state index contributed by atoms with van der Waals surface area (Å²) in [4.78, 5) is 29.3. The number of nitrogens with one attached hydrogen (secondary N) is 1. The van der Waals surface area contributed by atoms with Crippen LogP contribution in [0.1, 0.15) is 31.9 Å². The topological polar surface area (TPSA) is 86.8 Å². The molecule has 1 atom stereocenters.